The van der Waals surface area contributed by atoms with Crippen LogP contribution in [0.25, 0.3) is 5.69 Å². The van der Waals surface area contributed by atoms with Gasteiger partial charge in [-0.1, -0.05) is 0 Å². The molecule has 2 aromatic rings. The van der Waals surface area contributed by atoms with Gasteiger partial charge in [0.05, 0.1) is 0 Å². The average molecular weight is 337 g/mol. The van der Waals surface area contributed by atoms with Gasteiger partial charge in [-0.3, -0.25) is 9.78 Å². The van der Waals surface area contributed by atoms with Crippen LogP contribution in [-0.2, 0) is 0 Å². The molecule has 0 amide bonds. The Morgan fingerprint density at radius 2 is 1.84 bits per heavy atom. The molecule has 1 aromatic carbocycles. The van der Waals surface area contributed by atoms with Crippen molar-refractivity contribution in [3.8, 4) is 11.6 Å². The Bertz CT molecular complexity index is 762. The third-order valence-corrected chi connectivity index (χ3v) is 2.84. The molecule has 0 bridgehead atoms. The summed E-state index contributed by atoms with van der Waals surface area (Å²) in [4.78, 5) is 24.0. The molecule has 0 radical (unpaired) electrons. The van der Waals surface area contributed by atoms with E-state index in [0.29, 0.717) is 6.07 Å². The van der Waals surface area contributed by atoms with E-state index < -0.39 is 40.3 Å². The van der Waals surface area contributed by atoms with Crippen LogP contribution < -0.4 is 11.2 Å². The molecule has 100 valence electrons. The van der Waals surface area contributed by atoms with Gasteiger partial charge in [0.25, 0.3) is 5.56 Å². The van der Waals surface area contributed by atoms with E-state index in [1.165, 1.54) is 0 Å². The van der Waals surface area contributed by atoms with Crippen molar-refractivity contribution in [2.75, 3.05) is 0 Å². The number of rotatable bonds is 1. The van der Waals surface area contributed by atoms with Gasteiger partial charge in [0, 0.05) is 10.5 Å². The summed E-state index contributed by atoms with van der Waals surface area (Å²) in [6.07, 6.45) is 0. The summed E-state index contributed by atoms with van der Waals surface area (Å²) < 4.78 is 39.7. The van der Waals surface area contributed by atoms with Gasteiger partial charge in [0.1, 0.15) is 11.5 Å². The zero-order chi connectivity index (χ0) is 14.3. The second-order valence-electron chi connectivity index (χ2n) is 3.45. The molecule has 0 saturated carbocycles. The highest BCUT2D eigenvalue weighted by atomic mass is 79.9. The maximum Gasteiger partial charge on any atom is 0.336 e. The highest BCUT2D eigenvalue weighted by Gasteiger charge is 2.20. The molecule has 2 N–H and O–H groups in total. The fourth-order valence-corrected chi connectivity index (χ4v) is 2.04. The minimum absolute atomic E-state index is 0.176. The number of H-pyrrole nitrogens is 1. The molecule has 0 saturated heterocycles. The van der Waals surface area contributed by atoms with Crippen LogP contribution in [0.2, 0.25) is 0 Å². The molecule has 5 nitrogen and oxygen atoms in total. The van der Waals surface area contributed by atoms with Crippen molar-refractivity contribution >= 4 is 15.9 Å². The lowest BCUT2D eigenvalue weighted by molar-refractivity contribution is 0.383. The van der Waals surface area contributed by atoms with E-state index in [2.05, 4.69) is 15.9 Å². The summed E-state index contributed by atoms with van der Waals surface area (Å²) in [5.74, 6) is -5.20. The highest BCUT2D eigenvalue weighted by Crippen LogP contribution is 2.27. The van der Waals surface area contributed by atoms with Gasteiger partial charge >= 0.3 is 5.69 Å². The van der Waals surface area contributed by atoms with Crippen molar-refractivity contribution in [2.45, 2.75) is 0 Å². The first-order valence-electron chi connectivity index (χ1n) is 4.71. The molecule has 0 atom stereocenters. The number of aromatic amines is 1. The van der Waals surface area contributed by atoms with Crippen LogP contribution in [0.3, 0.4) is 0 Å². The fraction of sp³-hybridized carbons (Fsp3) is 0. The maximum absolute atomic E-state index is 13.6. The zero-order valence-corrected chi connectivity index (χ0v) is 10.5. The van der Waals surface area contributed by atoms with E-state index >= 15 is 0 Å². The lowest BCUT2D eigenvalue weighted by Crippen LogP contribution is -2.31. The summed E-state index contributed by atoms with van der Waals surface area (Å²) in [5, 5.41) is 9.42. The summed E-state index contributed by atoms with van der Waals surface area (Å²) >= 11 is 2.78. The first-order valence-corrected chi connectivity index (χ1v) is 5.51. The van der Waals surface area contributed by atoms with Crippen molar-refractivity contribution < 1.29 is 18.3 Å². The predicted molar refractivity (Wildman–Crippen MR) is 61.9 cm³/mol. The number of nitrogens with zero attached hydrogens (tertiary/aromatic N) is 1. The van der Waals surface area contributed by atoms with E-state index in [4.69, 9.17) is 0 Å². The van der Waals surface area contributed by atoms with Crippen LogP contribution in [0.4, 0.5) is 13.2 Å². The van der Waals surface area contributed by atoms with Crippen molar-refractivity contribution in [1.82, 2.24) is 9.55 Å². The molecule has 2 rings (SSSR count). The molecule has 1 heterocycles. The number of nitrogens with one attached hydrogen (secondary N) is 1. The Morgan fingerprint density at radius 1 is 1.21 bits per heavy atom. The van der Waals surface area contributed by atoms with Crippen LogP contribution >= 0.6 is 15.9 Å². The molecule has 0 aliphatic carbocycles. The van der Waals surface area contributed by atoms with Crippen LogP contribution in [-0.4, -0.2) is 14.7 Å². The quantitative estimate of drug-likeness (QED) is 0.826. The van der Waals surface area contributed by atoms with Crippen LogP contribution in [0.15, 0.2) is 26.2 Å². The van der Waals surface area contributed by atoms with Crippen molar-refractivity contribution in [3.63, 3.8) is 0 Å². The fourth-order valence-electron chi connectivity index (χ4n) is 1.46. The van der Waals surface area contributed by atoms with Crippen LogP contribution in [0.1, 0.15) is 0 Å². The number of hydrogen-bond donors (Lipinski definition) is 2. The predicted octanol–water partition coefficient (Wildman–Crippen LogP) is 1.41. The number of aromatic hydroxyl groups is 1. The van der Waals surface area contributed by atoms with E-state index in [1.54, 1.807) is 4.98 Å². The number of halogens is 4. The minimum Gasteiger partial charge on any atom is -0.492 e. The van der Waals surface area contributed by atoms with Gasteiger partial charge in [-0.05, 0) is 22.0 Å². The molecular weight excluding hydrogens is 333 g/mol. The SMILES string of the molecule is O=c1[nH]c(=O)n(-c2c(F)cc(F)cc2Br)c(O)c1F. The summed E-state index contributed by atoms with van der Waals surface area (Å²) in [5.41, 5.74) is -3.34. The molecule has 19 heavy (non-hydrogen) atoms. The average Bonchev–Trinajstić information content (AvgIpc) is 2.29. The molecule has 0 spiro atoms. The van der Waals surface area contributed by atoms with E-state index in [9.17, 15) is 27.9 Å². The molecular formula is C10H4BrF3N2O3. The highest BCUT2D eigenvalue weighted by molar-refractivity contribution is 9.10. The van der Waals surface area contributed by atoms with Gasteiger partial charge in [-0.2, -0.15) is 4.39 Å². The Kier molecular flexibility index (Phi) is 3.23. The second kappa shape index (κ2) is 4.57. The van der Waals surface area contributed by atoms with E-state index in [-0.39, 0.29) is 9.04 Å². The van der Waals surface area contributed by atoms with Crippen molar-refractivity contribution in [1.29, 1.82) is 0 Å². The molecule has 9 heteroatoms. The third-order valence-electron chi connectivity index (χ3n) is 2.24. The summed E-state index contributed by atoms with van der Waals surface area (Å²) in [6, 6.07) is 1.25. The molecule has 0 aliphatic heterocycles. The monoisotopic (exact) mass is 336 g/mol. The Morgan fingerprint density at radius 3 is 2.42 bits per heavy atom. The number of hydrogen-bond acceptors (Lipinski definition) is 3. The van der Waals surface area contributed by atoms with E-state index in [1.807, 2.05) is 0 Å². The molecule has 0 fully saturated rings. The topological polar surface area (TPSA) is 75.1 Å². The summed E-state index contributed by atoms with van der Waals surface area (Å²) in [7, 11) is 0. The molecule has 1 aromatic heterocycles. The smallest absolute Gasteiger partial charge is 0.336 e. The van der Waals surface area contributed by atoms with Gasteiger partial charge in [-0.25, -0.2) is 18.1 Å². The standard InChI is InChI=1S/C10H4BrF3N2O3/c11-4-1-3(12)2-5(13)7(4)16-9(18)6(14)8(17)15-10(16)19/h1-2,18H,(H,15,17,19). The van der Waals surface area contributed by atoms with Crippen molar-refractivity contribution in [3.05, 3.63) is 54.9 Å². The maximum atomic E-state index is 13.6. The molecule has 0 unspecified atom stereocenters. The van der Waals surface area contributed by atoms with E-state index in [0.717, 1.165) is 6.07 Å². The van der Waals surface area contributed by atoms with Gasteiger partial charge in [-0.15, -0.1) is 0 Å². The number of aromatic nitrogens is 2. The first-order chi connectivity index (χ1) is 8.82. The lowest BCUT2D eigenvalue weighted by atomic mass is 10.3. The molecule has 0 aliphatic rings. The normalized spacial score (nSPS) is 10.7. The Hall–Kier alpha value is -2.03. The third kappa shape index (κ3) is 2.16. The van der Waals surface area contributed by atoms with Gasteiger partial charge < -0.3 is 5.11 Å². The van der Waals surface area contributed by atoms with Crippen LogP contribution in [0, 0.1) is 17.5 Å². The first kappa shape index (κ1) is 13.4. The van der Waals surface area contributed by atoms with Crippen LogP contribution in [0.5, 0.6) is 5.88 Å². The lowest BCUT2D eigenvalue weighted by Gasteiger charge is -2.11. The van der Waals surface area contributed by atoms with Gasteiger partial charge in [0.2, 0.25) is 11.7 Å². The number of benzene rings is 1. The zero-order valence-electron chi connectivity index (χ0n) is 8.88. The Balaban J connectivity index is 2.92. The second-order valence-corrected chi connectivity index (χ2v) is 4.30. The van der Waals surface area contributed by atoms with Gasteiger partial charge in [0.15, 0.2) is 5.82 Å². The summed E-state index contributed by atoms with van der Waals surface area (Å²) in [6.45, 7) is 0. The van der Waals surface area contributed by atoms with Crippen molar-refractivity contribution in [2.24, 2.45) is 0 Å². The Labute approximate surface area is 111 Å². The largest absolute Gasteiger partial charge is 0.492 e. The minimum atomic E-state index is -1.66.